The molecule has 0 aliphatic carbocycles. The SMILES string of the molecule is COc1ccc(C2=CCN(C(=O)NCc3ccn[nH]3)CC2)cc1. The number of carbonyl (C=O) groups excluding carboxylic acids is 1. The molecule has 1 aromatic carbocycles. The quantitative estimate of drug-likeness (QED) is 0.911. The molecule has 2 aromatic rings. The van der Waals surface area contributed by atoms with E-state index in [0.29, 0.717) is 19.6 Å². The summed E-state index contributed by atoms with van der Waals surface area (Å²) in [7, 11) is 1.66. The normalized spacial score (nSPS) is 14.3. The summed E-state index contributed by atoms with van der Waals surface area (Å²) >= 11 is 0. The Morgan fingerprint density at radius 1 is 1.35 bits per heavy atom. The number of amides is 2. The molecule has 0 bridgehead atoms. The Hall–Kier alpha value is -2.76. The Bertz CT molecular complexity index is 677. The van der Waals surface area contributed by atoms with Crippen LogP contribution in [0.5, 0.6) is 5.75 Å². The fourth-order valence-corrected chi connectivity index (χ4v) is 2.59. The third kappa shape index (κ3) is 3.71. The van der Waals surface area contributed by atoms with Gasteiger partial charge in [-0.25, -0.2) is 4.79 Å². The van der Waals surface area contributed by atoms with Crippen LogP contribution in [0.3, 0.4) is 0 Å². The van der Waals surface area contributed by atoms with Gasteiger partial charge in [-0.2, -0.15) is 5.10 Å². The van der Waals surface area contributed by atoms with Gasteiger partial charge in [0.25, 0.3) is 0 Å². The number of aromatic nitrogens is 2. The number of methoxy groups -OCH3 is 1. The molecular weight excluding hydrogens is 292 g/mol. The van der Waals surface area contributed by atoms with Crippen LogP contribution in [0.4, 0.5) is 4.79 Å². The highest BCUT2D eigenvalue weighted by Crippen LogP contribution is 2.24. The van der Waals surface area contributed by atoms with Crippen molar-refractivity contribution in [1.82, 2.24) is 20.4 Å². The summed E-state index contributed by atoms with van der Waals surface area (Å²) < 4.78 is 5.17. The van der Waals surface area contributed by atoms with Gasteiger partial charge in [-0.1, -0.05) is 18.2 Å². The predicted octanol–water partition coefficient (Wildman–Crippen LogP) is 2.42. The summed E-state index contributed by atoms with van der Waals surface area (Å²) in [6.07, 6.45) is 4.64. The van der Waals surface area contributed by atoms with Crippen LogP contribution in [0, 0.1) is 0 Å². The topological polar surface area (TPSA) is 70.2 Å². The predicted molar refractivity (Wildman–Crippen MR) is 88.0 cm³/mol. The zero-order valence-electron chi connectivity index (χ0n) is 13.1. The molecule has 0 spiro atoms. The number of ether oxygens (including phenoxy) is 1. The number of hydrogen-bond acceptors (Lipinski definition) is 3. The number of carbonyl (C=O) groups is 1. The number of benzene rings is 1. The highest BCUT2D eigenvalue weighted by atomic mass is 16.5. The lowest BCUT2D eigenvalue weighted by atomic mass is 9.99. The largest absolute Gasteiger partial charge is 0.497 e. The Labute approximate surface area is 135 Å². The van der Waals surface area contributed by atoms with E-state index in [1.54, 1.807) is 13.3 Å². The Morgan fingerprint density at radius 3 is 2.78 bits per heavy atom. The summed E-state index contributed by atoms with van der Waals surface area (Å²) in [5.41, 5.74) is 3.35. The van der Waals surface area contributed by atoms with E-state index in [1.165, 1.54) is 11.1 Å². The highest BCUT2D eigenvalue weighted by molar-refractivity contribution is 5.76. The lowest BCUT2D eigenvalue weighted by Gasteiger charge is -2.26. The van der Waals surface area contributed by atoms with E-state index in [-0.39, 0.29) is 6.03 Å². The summed E-state index contributed by atoms with van der Waals surface area (Å²) in [5, 5.41) is 9.58. The molecule has 3 rings (SSSR count). The second kappa shape index (κ2) is 7.00. The molecule has 0 unspecified atom stereocenters. The van der Waals surface area contributed by atoms with Gasteiger partial charge in [0.2, 0.25) is 0 Å². The van der Waals surface area contributed by atoms with E-state index >= 15 is 0 Å². The molecule has 2 N–H and O–H groups in total. The maximum atomic E-state index is 12.2. The van der Waals surface area contributed by atoms with Crippen LogP contribution in [0.1, 0.15) is 17.7 Å². The van der Waals surface area contributed by atoms with Gasteiger partial charge in [-0.15, -0.1) is 0 Å². The fourth-order valence-electron chi connectivity index (χ4n) is 2.59. The molecule has 2 heterocycles. The first-order chi connectivity index (χ1) is 11.3. The minimum Gasteiger partial charge on any atom is -0.497 e. The van der Waals surface area contributed by atoms with Gasteiger partial charge in [0.15, 0.2) is 0 Å². The number of nitrogens with zero attached hydrogens (tertiary/aromatic N) is 2. The van der Waals surface area contributed by atoms with E-state index in [1.807, 2.05) is 23.1 Å². The monoisotopic (exact) mass is 312 g/mol. The molecule has 0 radical (unpaired) electrons. The maximum Gasteiger partial charge on any atom is 0.318 e. The molecule has 6 heteroatoms. The number of H-pyrrole nitrogens is 1. The minimum atomic E-state index is -0.0513. The summed E-state index contributed by atoms with van der Waals surface area (Å²) in [4.78, 5) is 14.0. The van der Waals surface area contributed by atoms with Crippen LogP contribution in [0.25, 0.3) is 5.57 Å². The number of rotatable bonds is 4. The molecule has 1 aliphatic rings. The van der Waals surface area contributed by atoms with Gasteiger partial charge in [0, 0.05) is 19.3 Å². The Morgan fingerprint density at radius 2 is 2.17 bits per heavy atom. The van der Waals surface area contributed by atoms with Crippen molar-refractivity contribution >= 4 is 11.6 Å². The van der Waals surface area contributed by atoms with Crippen LogP contribution < -0.4 is 10.1 Å². The van der Waals surface area contributed by atoms with E-state index < -0.39 is 0 Å². The smallest absolute Gasteiger partial charge is 0.318 e. The molecule has 6 nitrogen and oxygen atoms in total. The van der Waals surface area contributed by atoms with Crippen molar-refractivity contribution in [2.45, 2.75) is 13.0 Å². The molecular formula is C17H20N4O2. The Kier molecular flexibility index (Phi) is 4.61. The Balaban J connectivity index is 1.55. The van der Waals surface area contributed by atoms with Gasteiger partial charge in [-0.05, 0) is 35.8 Å². The molecule has 120 valence electrons. The zero-order chi connectivity index (χ0) is 16.1. The molecule has 0 saturated heterocycles. The second-order valence-electron chi connectivity index (χ2n) is 5.39. The number of hydrogen-bond donors (Lipinski definition) is 2. The third-order valence-corrected chi connectivity index (χ3v) is 3.95. The average Bonchev–Trinajstić information content (AvgIpc) is 3.13. The van der Waals surface area contributed by atoms with Crippen LogP contribution >= 0.6 is 0 Å². The minimum absolute atomic E-state index is 0.0513. The van der Waals surface area contributed by atoms with Crippen molar-refractivity contribution in [3.63, 3.8) is 0 Å². The van der Waals surface area contributed by atoms with Crippen molar-refractivity contribution in [2.75, 3.05) is 20.2 Å². The average molecular weight is 312 g/mol. The number of aromatic amines is 1. The number of nitrogens with one attached hydrogen (secondary N) is 2. The summed E-state index contributed by atoms with van der Waals surface area (Å²) in [5.74, 6) is 0.852. The molecule has 0 atom stereocenters. The maximum absolute atomic E-state index is 12.2. The van der Waals surface area contributed by atoms with Gasteiger partial charge in [0.05, 0.1) is 19.3 Å². The molecule has 2 amide bonds. The van der Waals surface area contributed by atoms with Crippen LogP contribution in [-0.4, -0.2) is 41.3 Å². The summed E-state index contributed by atoms with van der Waals surface area (Å²) in [6.45, 7) is 1.80. The van der Waals surface area contributed by atoms with Crippen LogP contribution in [0.15, 0.2) is 42.6 Å². The highest BCUT2D eigenvalue weighted by Gasteiger charge is 2.17. The van der Waals surface area contributed by atoms with Crippen molar-refractivity contribution in [2.24, 2.45) is 0 Å². The lowest BCUT2D eigenvalue weighted by molar-refractivity contribution is 0.202. The first-order valence-electron chi connectivity index (χ1n) is 7.61. The molecule has 1 aliphatic heterocycles. The van der Waals surface area contributed by atoms with Gasteiger partial charge >= 0.3 is 6.03 Å². The van der Waals surface area contributed by atoms with Crippen LogP contribution in [-0.2, 0) is 6.54 Å². The lowest BCUT2D eigenvalue weighted by Crippen LogP contribution is -2.41. The van der Waals surface area contributed by atoms with E-state index in [4.69, 9.17) is 4.74 Å². The zero-order valence-corrected chi connectivity index (χ0v) is 13.1. The summed E-state index contributed by atoms with van der Waals surface area (Å²) in [6, 6.07) is 9.82. The molecule has 0 fully saturated rings. The first-order valence-corrected chi connectivity index (χ1v) is 7.61. The van der Waals surface area contributed by atoms with Gasteiger partial charge in [0.1, 0.15) is 5.75 Å². The first kappa shape index (κ1) is 15.1. The van der Waals surface area contributed by atoms with Crippen molar-refractivity contribution in [3.8, 4) is 5.75 Å². The van der Waals surface area contributed by atoms with E-state index in [2.05, 4.69) is 33.7 Å². The standard InChI is InChI=1S/C17H20N4O2/c1-23-16-4-2-13(3-5-16)14-7-10-21(11-8-14)17(22)18-12-15-6-9-19-20-15/h2-7,9H,8,10-12H2,1H3,(H,18,22)(H,19,20). The van der Waals surface area contributed by atoms with E-state index in [0.717, 1.165) is 17.9 Å². The van der Waals surface area contributed by atoms with Crippen LogP contribution in [0.2, 0.25) is 0 Å². The number of urea groups is 1. The fraction of sp³-hybridized carbons (Fsp3) is 0.294. The van der Waals surface area contributed by atoms with Gasteiger partial charge in [-0.3, -0.25) is 5.10 Å². The van der Waals surface area contributed by atoms with Crippen molar-refractivity contribution < 1.29 is 9.53 Å². The second-order valence-corrected chi connectivity index (χ2v) is 5.39. The van der Waals surface area contributed by atoms with E-state index in [9.17, 15) is 4.79 Å². The molecule has 23 heavy (non-hydrogen) atoms. The third-order valence-electron chi connectivity index (χ3n) is 3.95. The van der Waals surface area contributed by atoms with Crippen molar-refractivity contribution in [3.05, 3.63) is 53.9 Å². The van der Waals surface area contributed by atoms with Crippen molar-refractivity contribution in [1.29, 1.82) is 0 Å². The molecule has 0 saturated carbocycles. The molecule has 1 aromatic heterocycles. The van der Waals surface area contributed by atoms with Gasteiger partial charge < -0.3 is 15.0 Å².